The summed E-state index contributed by atoms with van der Waals surface area (Å²) >= 11 is 0. The van der Waals surface area contributed by atoms with E-state index in [9.17, 15) is 4.79 Å². The van der Waals surface area contributed by atoms with Crippen LogP contribution in [-0.2, 0) is 13.0 Å². The van der Waals surface area contributed by atoms with Crippen LogP contribution in [0.4, 0.5) is 0 Å². The van der Waals surface area contributed by atoms with Crippen molar-refractivity contribution in [2.24, 2.45) is 0 Å². The predicted molar refractivity (Wildman–Crippen MR) is 72.2 cm³/mol. The van der Waals surface area contributed by atoms with Gasteiger partial charge in [-0.3, -0.25) is 9.48 Å². The molecule has 0 radical (unpaired) electrons. The van der Waals surface area contributed by atoms with Gasteiger partial charge in [-0.2, -0.15) is 5.10 Å². The average molecular weight is 274 g/mol. The number of carbonyl (C=O) groups excluding carboxylic acids is 1. The Labute approximate surface area is 117 Å². The monoisotopic (exact) mass is 274 g/mol. The first kappa shape index (κ1) is 12.9. The number of hydrogen-bond acceptors (Lipinski definition) is 4. The molecule has 20 heavy (non-hydrogen) atoms. The van der Waals surface area contributed by atoms with Crippen LogP contribution in [0.2, 0.25) is 0 Å². The van der Waals surface area contributed by atoms with Crippen molar-refractivity contribution in [2.45, 2.75) is 38.8 Å². The highest BCUT2D eigenvalue weighted by atomic mass is 16.5. The molecule has 1 amide bonds. The molecule has 1 aliphatic rings. The van der Waals surface area contributed by atoms with E-state index < -0.39 is 0 Å². The van der Waals surface area contributed by atoms with Crippen molar-refractivity contribution in [1.29, 1.82) is 0 Å². The van der Waals surface area contributed by atoms with Gasteiger partial charge in [-0.15, -0.1) is 0 Å². The molecule has 0 aromatic carbocycles. The van der Waals surface area contributed by atoms with Crippen LogP contribution in [-0.4, -0.2) is 32.8 Å². The Balaban J connectivity index is 1.83. The van der Waals surface area contributed by atoms with Crippen LogP contribution in [0.15, 0.2) is 23.0 Å². The first-order chi connectivity index (χ1) is 9.68. The van der Waals surface area contributed by atoms with E-state index in [1.165, 1.54) is 6.26 Å². The van der Waals surface area contributed by atoms with E-state index in [2.05, 4.69) is 10.3 Å². The largest absolute Gasteiger partial charge is 0.364 e. The molecule has 2 aromatic heterocycles. The Morgan fingerprint density at radius 1 is 1.50 bits per heavy atom. The summed E-state index contributed by atoms with van der Waals surface area (Å²) in [5.74, 6) is -0.0105. The minimum atomic E-state index is -0.125. The molecule has 1 aliphatic heterocycles. The topological polar surface area (TPSA) is 64.2 Å². The lowest BCUT2D eigenvalue weighted by Crippen LogP contribution is -2.30. The number of nitrogens with zero attached hydrogens (tertiary/aromatic N) is 4. The highest BCUT2D eigenvalue weighted by Crippen LogP contribution is 2.23. The number of hydrogen-bond donors (Lipinski definition) is 0. The van der Waals surface area contributed by atoms with E-state index in [0.717, 1.165) is 37.2 Å². The second-order valence-corrected chi connectivity index (χ2v) is 5.20. The van der Waals surface area contributed by atoms with Crippen molar-refractivity contribution in [1.82, 2.24) is 19.8 Å². The van der Waals surface area contributed by atoms with E-state index in [0.29, 0.717) is 5.56 Å². The van der Waals surface area contributed by atoms with Crippen molar-refractivity contribution in [3.8, 4) is 0 Å². The first-order valence-electron chi connectivity index (χ1n) is 6.90. The summed E-state index contributed by atoms with van der Waals surface area (Å²) in [6.07, 6.45) is 6.39. The van der Waals surface area contributed by atoms with Gasteiger partial charge in [-0.1, -0.05) is 5.16 Å². The molecule has 3 heterocycles. The zero-order valence-electron chi connectivity index (χ0n) is 11.7. The fourth-order valence-electron chi connectivity index (χ4n) is 2.60. The lowest BCUT2D eigenvalue weighted by molar-refractivity contribution is 0.0736. The van der Waals surface area contributed by atoms with Gasteiger partial charge in [-0.05, 0) is 26.2 Å². The highest BCUT2D eigenvalue weighted by Gasteiger charge is 2.26. The molecule has 6 heteroatoms. The Morgan fingerprint density at radius 2 is 2.35 bits per heavy atom. The third kappa shape index (κ3) is 2.11. The van der Waals surface area contributed by atoms with Crippen molar-refractivity contribution in [3.63, 3.8) is 0 Å². The van der Waals surface area contributed by atoms with Crippen LogP contribution < -0.4 is 0 Å². The van der Waals surface area contributed by atoms with Gasteiger partial charge < -0.3 is 9.42 Å². The summed E-state index contributed by atoms with van der Waals surface area (Å²) in [6, 6.07) is 1.66. The first-order valence-corrected chi connectivity index (χ1v) is 6.90. The number of aromatic nitrogens is 3. The third-order valence-corrected chi connectivity index (χ3v) is 4.00. The highest BCUT2D eigenvalue weighted by molar-refractivity contribution is 5.95. The molecule has 0 unspecified atom stereocenters. The van der Waals surface area contributed by atoms with E-state index in [-0.39, 0.29) is 11.9 Å². The zero-order valence-corrected chi connectivity index (χ0v) is 11.7. The van der Waals surface area contributed by atoms with E-state index >= 15 is 0 Å². The van der Waals surface area contributed by atoms with E-state index in [1.807, 2.05) is 11.6 Å². The Hall–Kier alpha value is -2.11. The molecular weight excluding hydrogens is 256 g/mol. The van der Waals surface area contributed by atoms with Crippen molar-refractivity contribution in [3.05, 3.63) is 35.5 Å². The molecule has 0 fully saturated rings. The molecule has 0 aliphatic carbocycles. The molecule has 3 rings (SSSR count). The van der Waals surface area contributed by atoms with Crippen LogP contribution in [0, 0.1) is 0 Å². The number of aryl methyl sites for hydroxylation is 1. The molecule has 0 N–H and O–H groups in total. The predicted octanol–water partition coefficient (Wildman–Crippen LogP) is 2.04. The SMILES string of the molecule is C[C@@H](c1ccon1)N(C)C(=O)c1cnn2c1CCCC2. The molecule has 0 bridgehead atoms. The fourth-order valence-corrected chi connectivity index (χ4v) is 2.60. The van der Waals surface area contributed by atoms with Gasteiger partial charge in [0.25, 0.3) is 5.91 Å². The normalized spacial score (nSPS) is 15.7. The lowest BCUT2D eigenvalue weighted by Gasteiger charge is -2.23. The molecule has 0 spiro atoms. The van der Waals surface area contributed by atoms with Gasteiger partial charge in [0, 0.05) is 19.7 Å². The number of fused-ring (bicyclic) bond motifs is 1. The maximum atomic E-state index is 12.6. The summed E-state index contributed by atoms with van der Waals surface area (Å²) in [6.45, 7) is 2.84. The molecule has 0 saturated carbocycles. The lowest BCUT2D eigenvalue weighted by atomic mass is 10.1. The summed E-state index contributed by atoms with van der Waals surface area (Å²) in [5, 5.41) is 8.22. The van der Waals surface area contributed by atoms with E-state index in [4.69, 9.17) is 4.52 Å². The van der Waals surface area contributed by atoms with Crippen LogP contribution >= 0.6 is 0 Å². The van der Waals surface area contributed by atoms with Crippen LogP contribution in [0.25, 0.3) is 0 Å². The van der Waals surface area contributed by atoms with Gasteiger partial charge in [0.2, 0.25) is 0 Å². The maximum absolute atomic E-state index is 12.6. The third-order valence-electron chi connectivity index (χ3n) is 4.00. The van der Waals surface area contributed by atoms with Crippen LogP contribution in [0.1, 0.15) is 47.6 Å². The summed E-state index contributed by atoms with van der Waals surface area (Å²) in [7, 11) is 1.79. The molecule has 6 nitrogen and oxygen atoms in total. The van der Waals surface area contributed by atoms with Gasteiger partial charge in [0.05, 0.1) is 23.5 Å². The quantitative estimate of drug-likeness (QED) is 0.859. The number of amides is 1. The summed E-state index contributed by atoms with van der Waals surface area (Å²) in [5.41, 5.74) is 2.52. The molecular formula is C14H18N4O2. The van der Waals surface area contributed by atoms with Gasteiger partial charge in [0.15, 0.2) is 0 Å². The van der Waals surface area contributed by atoms with Crippen LogP contribution in [0.3, 0.4) is 0 Å². The summed E-state index contributed by atoms with van der Waals surface area (Å²) in [4.78, 5) is 14.3. The fraction of sp³-hybridized carbons (Fsp3) is 0.500. The van der Waals surface area contributed by atoms with E-state index in [1.54, 1.807) is 24.2 Å². The molecule has 2 aromatic rings. The smallest absolute Gasteiger partial charge is 0.257 e. The Morgan fingerprint density at radius 3 is 3.10 bits per heavy atom. The molecule has 1 atom stereocenters. The van der Waals surface area contributed by atoms with Gasteiger partial charge in [-0.25, -0.2) is 0 Å². The minimum Gasteiger partial charge on any atom is -0.364 e. The Bertz CT molecular complexity index is 603. The second kappa shape index (κ2) is 5.11. The number of rotatable bonds is 3. The zero-order chi connectivity index (χ0) is 14.1. The van der Waals surface area contributed by atoms with Crippen molar-refractivity contribution >= 4 is 5.91 Å². The van der Waals surface area contributed by atoms with Crippen molar-refractivity contribution < 1.29 is 9.32 Å². The molecule has 0 saturated heterocycles. The summed E-state index contributed by atoms with van der Waals surface area (Å²) < 4.78 is 6.79. The Kier molecular flexibility index (Phi) is 3.30. The standard InChI is InChI=1S/C14H18N4O2/c1-10(12-6-8-20-16-12)17(2)14(19)11-9-15-18-7-4-3-5-13(11)18/h6,8-10H,3-5,7H2,1-2H3/t10-/m0/s1. The maximum Gasteiger partial charge on any atom is 0.257 e. The van der Waals surface area contributed by atoms with Gasteiger partial charge >= 0.3 is 0 Å². The molecule has 106 valence electrons. The van der Waals surface area contributed by atoms with Crippen LogP contribution in [0.5, 0.6) is 0 Å². The number of carbonyl (C=O) groups is 1. The minimum absolute atomic E-state index is 0.0105. The average Bonchev–Trinajstić information content (AvgIpc) is 3.14. The van der Waals surface area contributed by atoms with Crippen molar-refractivity contribution in [2.75, 3.05) is 7.05 Å². The van der Waals surface area contributed by atoms with Gasteiger partial charge in [0.1, 0.15) is 12.0 Å². The second-order valence-electron chi connectivity index (χ2n) is 5.20.